The largest absolute Gasteiger partial charge is 0.497 e. The molecule has 2 rings (SSSR count). The van der Waals surface area contributed by atoms with E-state index in [1.54, 1.807) is 17.0 Å². The van der Waals surface area contributed by atoms with Gasteiger partial charge in [-0.2, -0.15) is 0 Å². The van der Waals surface area contributed by atoms with Crippen molar-refractivity contribution in [2.75, 3.05) is 20.2 Å². The Hall–Kier alpha value is -2.04. The summed E-state index contributed by atoms with van der Waals surface area (Å²) in [6.45, 7) is 1.48. The van der Waals surface area contributed by atoms with Crippen LogP contribution in [0.25, 0.3) is 0 Å². The van der Waals surface area contributed by atoms with Crippen LogP contribution in [-0.4, -0.2) is 36.9 Å². The van der Waals surface area contributed by atoms with E-state index in [0.29, 0.717) is 11.3 Å². The predicted octanol–water partition coefficient (Wildman–Crippen LogP) is 1.42. The molecule has 1 aromatic rings. The lowest BCUT2D eigenvalue weighted by Gasteiger charge is -2.27. The summed E-state index contributed by atoms with van der Waals surface area (Å²) >= 11 is 0. The van der Waals surface area contributed by atoms with E-state index in [1.807, 2.05) is 0 Å². The second kappa shape index (κ2) is 5.73. The summed E-state index contributed by atoms with van der Waals surface area (Å²) in [6, 6.07) is 4.79. The van der Waals surface area contributed by atoms with Crippen molar-refractivity contribution in [1.29, 1.82) is 0 Å². The van der Waals surface area contributed by atoms with Crippen molar-refractivity contribution in [1.82, 2.24) is 4.90 Å². The third-order valence-corrected chi connectivity index (χ3v) is 3.37. The van der Waals surface area contributed by atoms with E-state index in [4.69, 9.17) is 10.5 Å². The first-order valence-electron chi connectivity index (χ1n) is 6.40. The van der Waals surface area contributed by atoms with E-state index in [-0.39, 0.29) is 11.5 Å². The zero-order valence-electron chi connectivity index (χ0n) is 11.0. The van der Waals surface area contributed by atoms with Crippen LogP contribution in [0.3, 0.4) is 0 Å². The number of rotatable bonds is 3. The summed E-state index contributed by atoms with van der Waals surface area (Å²) in [4.78, 5) is 25.7. The average Bonchev–Trinajstić information content (AvgIpc) is 2.46. The molecule has 2 amide bonds. The molecule has 1 aromatic carbocycles. The number of benzene rings is 1. The fourth-order valence-electron chi connectivity index (χ4n) is 2.31. The van der Waals surface area contributed by atoms with E-state index in [1.165, 1.54) is 13.2 Å². The Morgan fingerprint density at radius 3 is 2.42 bits per heavy atom. The minimum absolute atomic E-state index is 0.129. The van der Waals surface area contributed by atoms with Crippen LogP contribution in [0.15, 0.2) is 18.2 Å². The highest BCUT2D eigenvalue weighted by molar-refractivity contribution is 6.07. The zero-order chi connectivity index (χ0) is 13.8. The maximum atomic E-state index is 12.4. The molecule has 0 saturated carbocycles. The minimum atomic E-state index is -0.612. The topological polar surface area (TPSA) is 72.6 Å². The molecule has 5 heteroatoms. The number of amides is 2. The Morgan fingerprint density at radius 1 is 1.16 bits per heavy atom. The maximum Gasteiger partial charge on any atom is 0.254 e. The first-order chi connectivity index (χ1) is 9.13. The standard InChI is InChI=1S/C14H18N2O3/c1-19-10-5-6-11(12(9-10)13(15)17)14(18)16-7-3-2-4-8-16/h5-6,9H,2-4,7-8H2,1H3,(H2,15,17). The van der Waals surface area contributed by atoms with Crippen molar-refractivity contribution < 1.29 is 14.3 Å². The van der Waals surface area contributed by atoms with Gasteiger partial charge < -0.3 is 15.4 Å². The summed E-state index contributed by atoms with van der Waals surface area (Å²) in [7, 11) is 1.51. The molecule has 1 heterocycles. The summed E-state index contributed by atoms with van der Waals surface area (Å²) in [5.74, 6) is -0.223. The van der Waals surface area contributed by atoms with Crippen LogP contribution in [0.1, 0.15) is 40.0 Å². The smallest absolute Gasteiger partial charge is 0.254 e. The van der Waals surface area contributed by atoms with Crippen LogP contribution in [0, 0.1) is 0 Å². The van der Waals surface area contributed by atoms with Crippen molar-refractivity contribution in [2.45, 2.75) is 19.3 Å². The molecule has 0 bridgehead atoms. The highest BCUT2D eigenvalue weighted by Gasteiger charge is 2.22. The Morgan fingerprint density at radius 2 is 1.84 bits per heavy atom. The van der Waals surface area contributed by atoms with E-state index in [0.717, 1.165) is 32.4 Å². The molecular formula is C14H18N2O3. The third-order valence-electron chi connectivity index (χ3n) is 3.37. The molecule has 19 heavy (non-hydrogen) atoms. The molecule has 1 aliphatic heterocycles. The zero-order valence-corrected chi connectivity index (χ0v) is 11.0. The number of hydrogen-bond donors (Lipinski definition) is 1. The van der Waals surface area contributed by atoms with Gasteiger partial charge in [0.05, 0.1) is 18.2 Å². The van der Waals surface area contributed by atoms with E-state index in [2.05, 4.69) is 0 Å². The fraction of sp³-hybridized carbons (Fsp3) is 0.429. The quantitative estimate of drug-likeness (QED) is 0.895. The first kappa shape index (κ1) is 13.4. The molecule has 0 atom stereocenters. The lowest BCUT2D eigenvalue weighted by Crippen LogP contribution is -2.36. The molecule has 0 radical (unpaired) electrons. The Bertz CT molecular complexity index is 493. The average molecular weight is 262 g/mol. The first-order valence-corrected chi connectivity index (χ1v) is 6.40. The van der Waals surface area contributed by atoms with Gasteiger partial charge in [-0.15, -0.1) is 0 Å². The van der Waals surface area contributed by atoms with Gasteiger partial charge in [0.2, 0.25) is 5.91 Å². The SMILES string of the molecule is COc1ccc(C(=O)N2CCCCC2)c(C(N)=O)c1. The molecule has 1 fully saturated rings. The summed E-state index contributed by atoms with van der Waals surface area (Å²) in [5, 5.41) is 0. The van der Waals surface area contributed by atoms with Crippen molar-refractivity contribution in [2.24, 2.45) is 5.73 Å². The van der Waals surface area contributed by atoms with Gasteiger partial charge in [0.25, 0.3) is 5.91 Å². The van der Waals surface area contributed by atoms with Gasteiger partial charge in [-0.25, -0.2) is 0 Å². The summed E-state index contributed by atoms with van der Waals surface area (Å²) in [6.07, 6.45) is 3.16. The Balaban J connectivity index is 2.32. The Labute approximate surface area is 112 Å². The van der Waals surface area contributed by atoms with Gasteiger partial charge in [0.15, 0.2) is 0 Å². The number of piperidine rings is 1. The molecule has 0 unspecified atom stereocenters. The molecule has 0 aliphatic carbocycles. The van der Waals surface area contributed by atoms with Crippen LogP contribution in [-0.2, 0) is 0 Å². The number of methoxy groups -OCH3 is 1. The number of nitrogens with zero attached hydrogens (tertiary/aromatic N) is 1. The van der Waals surface area contributed by atoms with Crippen molar-refractivity contribution >= 4 is 11.8 Å². The second-order valence-electron chi connectivity index (χ2n) is 4.63. The van der Waals surface area contributed by atoms with Gasteiger partial charge >= 0.3 is 0 Å². The van der Waals surface area contributed by atoms with Crippen LogP contribution >= 0.6 is 0 Å². The highest BCUT2D eigenvalue weighted by Crippen LogP contribution is 2.20. The number of primary amides is 1. The number of likely N-dealkylation sites (tertiary alicyclic amines) is 1. The van der Waals surface area contributed by atoms with Crippen LogP contribution in [0.4, 0.5) is 0 Å². The summed E-state index contributed by atoms with van der Waals surface area (Å²) < 4.78 is 5.05. The number of nitrogens with two attached hydrogens (primary N) is 1. The molecule has 0 spiro atoms. The Kier molecular flexibility index (Phi) is 4.04. The minimum Gasteiger partial charge on any atom is -0.497 e. The molecule has 0 aromatic heterocycles. The third kappa shape index (κ3) is 2.86. The van der Waals surface area contributed by atoms with Gasteiger partial charge in [-0.1, -0.05) is 0 Å². The molecule has 1 saturated heterocycles. The van der Waals surface area contributed by atoms with E-state index >= 15 is 0 Å². The van der Waals surface area contributed by atoms with Crippen LogP contribution < -0.4 is 10.5 Å². The summed E-state index contributed by atoms with van der Waals surface area (Å²) in [5.41, 5.74) is 5.91. The molecule has 5 nitrogen and oxygen atoms in total. The lowest BCUT2D eigenvalue weighted by atomic mass is 10.0. The monoisotopic (exact) mass is 262 g/mol. The van der Waals surface area contributed by atoms with Gasteiger partial charge in [0, 0.05) is 13.1 Å². The van der Waals surface area contributed by atoms with Crippen molar-refractivity contribution in [3.05, 3.63) is 29.3 Å². The van der Waals surface area contributed by atoms with Crippen LogP contribution in [0.2, 0.25) is 0 Å². The maximum absolute atomic E-state index is 12.4. The molecular weight excluding hydrogens is 244 g/mol. The fourth-order valence-corrected chi connectivity index (χ4v) is 2.31. The number of carbonyl (C=O) groups excluding carboxylic acids is 2. The molecule has 102 valence electrons. The van der Waals surface area contributed by atoms with Crippen molar-refractivity contribution in [3.8, 4) is 5.75 Å². The highest BCUT2D eigenvalue weighted by atomic mass is 16.5. The van der Waals surface area contributed by atoms with Crippen LogP contribution in [0.5, 0.6) is 5.75 Å². The van der Waals surface area contributed by atoms with Gasteiger partial charge in [-0.3, -0.25) is 9.59 Å². The predicted molar refractivity (Wildman–Crippen MR) is 71.3 cm³/mol. The van der Waals surface area contributed by atoms with E-state index < -0.39 is 5.91 Å². The second-order valence-corrected chi connectivity index (χ2v) is 4.63. The molecule has 1 aliphatic rings. The normalized spacial score (nSPS) is 15.1. The van der Waals surface area contributed by atoms with E-state index in [9.17, 15) is 9.59 Å². The number of carbonyl (C=O) groups is 2. The molecule has 2 N–H and O–H groups in total. The van der Waals surface area contributed by atoms with Gasteiger partial charge in [-0.05, 0) is 37.5 Å². The van der Waals surface area contributed by atoms with Crippen molar-refractivity contribution in [3.63, 3.8) is 0 Å². The number of hydrogen-bond acceptors (Lipinski definition) is 3. The lowest BCUT2D eigenvalue weighted by molar-refractivity contribution is 0.0719. The number of ether oxygens (including phenoxy) is 1. The van der Waals surface area contributed by atoms with Gasteiger partial charge in [0.1, 0.15) is 5.75 Å².